The number of hydrogen-bond donors (Lipinski definition) is 1. The maximum absolute atomic E-state index is 12.2. The van der Waals surface area contributed by atoms with Gasteiger partial charge in [0.25, 0.3) is 0 Å². The maximum atomic E-state index is 12.2. The highest BCUT2D eigenvalue weighted by atomic mass is 16.2. The molecule has 1 heterocycles. The summed E-state index contributed by atoms with van der Waals surface area (Å²) < 4.78 is 0. The first kappa shape index (κ1) is 13.6. The van der Waals surface area contributed by atoms with Crippen LogP contribution in [-0.4, -0.2) is 29.9 Å². The van der Waals surface area contributed by atoms with E-state index in [4.69, 9.17) is 0 Å². The van der Waals surface area contributed by atoms with Crippen LogP contribution in [0.2, 0.25) is 0 Å². The van der Waals surface area contributed by atoms with E-state index in [1.54, 1.807) is 0 Å². The van der Waals surface area contributed by atoms with E-state index in [1.165, 1.54) is 36.0 Å². The van der Waals surface area contributed by atoms with Crippen molar-refractivity contribution in [2.24, 2.45) is 0 Å². The molecular formula is C17H24N2O. The number of hydrogen-bond acceptors (Lipinski definition) is 2. The van der Waals surface area contributed by atoms with Crippen LogP contribution in [0, 0.1) is 0 Å². The summed E-state index contributed by atoms with van der Waals surface area (Å²) in [5.74, 6) is 0.253. The molecule has 1 atom stereocenters. The molecule has 3 heteroatoms. The first-order chi connectivity index (χ1) is 9.74. The molecule has 0 bridgehead atoms. The van der Waals surface area contributed by atoms with Crippen LogP contribution in [0.4, 0.5) is 0 Å². The lowest BCUT2D eigenvalue weighted by Crippen LogP contribution is -2.43. The molecule has 0 saturated carbocycles. The molecule has 2 aliphatic rings. The van der Waals surface area contributed by atoms with Crippen LogP contribution in [0.1, 0.15) is 42.9 Å². The van der Waals surface area contributed by atoms with Gasteiger partial charge in [0, 0.05) is 19.6 Å². The van der Waals surface area contributed by atoms with Crippen LogP contribution in [0.3, 0.4) is 0 Å². The molecule has 1 N–H and O–H groups in total. The summed E-state index contributed by atoms with van der Waals surface area (Å²) >= 11 is 0. The number of amides is 1. The number of benzene rings is 1. The first-order valence-electron chi connectivity index (χ1n) is 7.87. The van der Waals surface area contributed by atoms with Crippen LogP contribution in [-0.2, 0) is 24.2 Å². The minimum Gasteiger partial charge on any atom is -0.341 e. The van der Waals surface area contributed by atoms with Crippen LogP contribution in [0.25, 0.3) is 0 Å². The van der Waals surface area contributed by atoms with E-state index >= 15 is 0 Å². The third kappa shape index (κ3) is 2.88. The predicted octanol–water partition coefficient (Wildman–Crippen LogP) is 2.28. The fraction of sp³-hybridized carbons (Fsp3) is 0.588. The highest BCUT2D eigenvalue weighted by molar-refractivity contribution is 5.81. The van der Waals surface area contributed by atoms with Crippen molar-refractivity contribution in [3.63, 3.8) is 0 Å². The Morgan fingerprint density at radius 1 is 1.20 bits per heavy atom. The summed E-state index contributed by atoms with van der Waals surface area (Å²) in [4.78, 5) is 14.2. The Hall–Kier alpha value is -1.35. The molecule has 3 nitrogen and oxygen atoms in total. The van der Waals surface area contributed by atoms with Crippen molar-refractivity contribution < 1.29 is 4.79 Å². The van der Waals surface area contributed by atoms with Crippen LogP contribution < -0.4 is 5.32 Å². The largest absolute Gasteiger partial charge is 0.341 e. The van der Waals surface area contributed by atoms with Gasteiger partial charge in [0.15, 0.2) is 0 Å². The summed E-state index contributed by atoms with van der Waals surface area (Å²) in [5.41, 5.74) is 4.31. The standard InChI is InChI=1S/C17H24N2O/c1-13(17(20)19-9-2-3-10-19)18-12-14-7-8-15-5-4-6-16(15)11-14/h7-8,11,13,18H,2-6,9-10,12H2,1H3. The average Bonchev–Trinajstić information content (AvgIpc) is 3.13. The normalized spacial score (nSPS) is 19.1. The Labute approximate surface area is 121 Å². The van der Waals surface area contributed by atoms with Gasteiger partial charge in [-0.05, 0) is 55.7 Å². The number of rotatable bonds is 4. The fourth-order valence-corrected chi connectivity index (χ4v) is 3.30. The van der Waals surface area contributed by atoms with Gasteiger partial charge in [-0.25, -0.2) is 0 Å². The number of nitrogens with one attached hydrogen (secondary N) is 1. The molecule has 3 rings (SSSR count). The van der Waals surface area contributed by atoms with Gasteiger partial charge in [-0.1, -0.05) is 18.2 Å². The van der Waals surface area contributed by atoms with Crippen molar-refractivity contribution in [3.8, 4) is 0 Å². The van der Waals surface area contributed by atoms with Gasteiger partial charge < -0.3 is 10.2 Å². The maximum Gasteiger partial charge on any atom is 0.239 e. The molecule has 0 aromatic heterocycles. The molecular weight excluding hydrogens is 248 g/mol. The van der Waals surface area contributed by atoms with Gasteiger partial charge in [0.2, 0.25) is 5.91 Å². The van der Waals surface area contributed by atoms with E-state index in [1.807, 2.05) is 11.8 Å². The van der Waals surface area contributed by atoms with Crippen molar-refractivity contribution in [2.45, 2.75) is 51.6 Å². The Morgan fingerprint density at radius 2 is 1.95 bits per heavy atom. The fourth-order valence-electron chi connectivity index (χ4n) is 3.30. The zero-order chi connectivity index (χ0) is 13.9. The van der Waals surface area contributed by atoms with Gasteiger partial charge >= 0.3 is 0 Å². The van der Waals surface area contributed by atoms with E-state index < -0.39 is 0 Å². The Bertz CT molecular complexity index is 492. The smallest absolute Gasteiger partial charge is 0.239 e. The van der Waals surface area contributed by atoms with Crippen molar-refractivity contribution in [3.05, 3.63) is 34.9 Å². The third-order valence-corrected chi connectivity index (χ3v) is 4.56. The highest BCUT2D eigenvalue weighted by Gasteiger charge is 2.22. The van der Waals surface area contributed by atoms with Crippen LogP contribution in [0.5, 0.6) is 0 Å². The van der Waals surface area contributed by atoms with E-state index in [2.05, 4.69) is 23.5 Å². The molecule has 20 heavy (non-hydrogen) atoms. The van der Waals surface area contributed by atoms with Gasteiger partial charge in [-0.2, -0.15) is 0 Å². The minimum absolute atomic E-state index is 0.0821. The zero-order valence-electron chi connectivity index (χ0n) is 12.3. The SMILES string of the molecule is CC(NCc1ccc2c(c1)CCC2)C(=O)N1CCCC1. The highest BCUT2D eigenvalue weighted by Crippen LogP contribution is 2.22. The molecule has 1 saturated heterocycles. The van der Waals surface area contributed by atoms with Crippen molar-refractivity contribution in [2.75, 3.05) is 13.1 Å². The van der Waals surface area contributed by atoms with Crippen molar-refractivity contribution in [1.29, 1.82) is 0 Å². The topological polar surface area (TPSA) is 32.3 Å². The summed E-state index contributed by atoms with van der Waals surface area (Å²) in [7, 11) is 0. The van der Waals surface area contributed by atoms with Crippen molar-refractivity contribution >= 4 is 5.91 Å². The number of fused-ring (bicyclic) bond motifs is 1. The quantitative estimate of drug-likeness (QED) is 0.912. The Kier molecular flexibility index (Phi) is 4.06. The lowest BCUT2D eigenvalue weighted by atomic mass is 10.1. The molecule has 1 unspecified atom stereocenters. The molecule has 1 fully saturated rings. The van der Waals surface area contributed by atoms with Gasteiger partial charge in [-0.3, -0.25) is 4.79 Å². The Morgan fingerprint density at radius 3 is 2.75 bits per heavy atom. The first-order valence-corrected chi connectivity index (χ1v) is 7.87. The molecule has 108 valence electrons. The second-order valence-corrected chi connectivity index (χ2v) is 6.09. The van der Waals surface area contributed by atoms with Gasteiger partial charge in [0.05, 0.1) is 6.04 Å². The number of carbonyl (C=O) groups excluding carboxylic acids is 1. The summed E-state index contributed by atoms with van der Waals surface area (Å²) in [6.07, 6.45) is 6.04. The molecule has 1 amide bonds. The molecule has 1 aliphatic heterocycles. The summed E-state index contributed by atoms with van der Waals surface area (Å²) in [6.45, 7) is 4.63. The second-order valence-electron chi connectivity index (χ2n) is 6.09. The summed E-state index contributed by atoms with van der Waals surface area (Å²) in [6, 6.07) is 6.68. The number of aryl methyl sites for hydroxylation is 2. The minimum atomic E-state index is -0.0821. The monoisotopic (exact) mass is 272 g/mol. The summed E-state index contributed by atoms with van der Waals surface area (Å²) in [5, 5.41) is 3.38. The predicted molar refractivity (Wildman–Crippen MR) is 80.6 cm³/mol. The number of carbonyl (C=O) groups is 1. The van der Waals surface area contributed by atoms with E-state index in [0.717, 1.165) is 32.5 Å². The molecule has 0 spiro atoms. The molecule has 0 radical (unpaired) electrons. The van der Waals surface area contributed by atoms with Crippen molar-refractivity contribution in [1.82, 2.24) is 10.2 Å². The molecule has 1 aromatic carbocycles. The second kappa shape index (κ2) is 5.96. The van der Waals surface area contributed by atoms with E-state index in [9.17, 15) is 4.79 Å². The third-order valence-electron chi connectivity index (χ3n) is 4.56. The lowest BCUT2D eigenvalue weighted by Gasteiger charge is -2.21. The van der Waals surface area contributed by atoms with Gasteiger partial charge in [-0.15, -0.1) is 0 Å². The van der Waals surface area contributed by atoms with Crippen LogP contribution in [0.15, 0.2) is 18.2 Å². The molecule has 1 aromatic rings. The van der Waals surface area contributed by atoms with E-state index in [-0.39, 0.29) is 11.9 Å². The van der Waals surface area contributed by atoms with Gasteiger partial charge in [0.1, 0.15) is 0 Å². The lowest BCUT2D eigenvalue weighted by molar-refractivity contribution is -0.131. The van der Waals surface area contributed by atoms with Crippen LogP contribution >= 0.6 is 0 Å². The number of likely N-dealkylation sites (tertiary alicyclic amines) is 1. The zero-order valence-corrected chi connectivity index (χ0v) is 12.3. The molecule has 1 aliphatic carbocycles. The number of nitrogens with zero attached hydrogens (tertiary/aromatic N) is 1. The van der Waals surface area contributed by atoms with E-state index in [0.29, 0.717) is 0 Å². The average molecular weight is 272 g/mol. The Balaban J connectivity index is 1.54.